The zero-order valence-electron chi connectivity index (χ0n) is 13.8. The van der Waals surface area contributed by atoms with Crippen molar-refractivity contribution in [2.24, 2.45) is 0 Å². The number of carboxylic acid groups (broad SMARTS) is 1. The smallest absolute Gasteiger partial charge is 0.307 e. The van der Waals surface area contributed by atoms with Crippen molar-refractivity contribution in [1.29, 1.82) is 0 Å². The van der Waals surface area contributed by atoms with Crippen molar-refractivity contribution in [2.75, 3.05) is 13.2 Å². The molecule has 0 spiro atoms. The van der Waals surface area contributed by atoms with E-state index in [2.05, 4.69) is 4.72 Å². The summed E-state index contributed by atoms with van der Waals surface area (Å²) in [6.45, 7) is 0.620. The van der Waals surface area contributed by atoms with E-state index in [-0.39, 0.29) is 23.8 Å². The van der Waals surface area contributed by atoms with Gasteiger partial charge in [0.25, 0.3) is 0 Å². The lowest BCUT2D eigenvalue weighted by molar-refractivity contribution is -0.136. The Labute approximate surface area is 156 Å². The molecular weight excluding hydrogens is 378 g/mol. The minimum absolute atomic E-state index is 0.0884. The van der Waals surface area contributed by atoms with Crippen molar-refractivity contribution in [3.63, 3.8) is 0 Å². The molecule has 0 aliphatic carbocycles. The average Bonchev–Trinajstić information content (AvgIpc) is 2.60. The summed E-state index contributed by atoms with van der Waals surface area (Å²) in [7, 11) is -3.65. The van der Waals surface area contributed by atoms with Gasteiger partial charge in [-0.25, -0.2) is 13.1 Å². The molecule has 0 saturated heterocycles. The molecule has 1 unspecified atom stereocenters. The van der Waals surface area contributed by atoms with Crippen LogP contribution in [0.3, 0.4) is 0 Å². The molecule has 0 radical (unpaired) electrons. The third kappa shape index (κ3) is 4.17. The van der Waals surface area contributed by atoms with Crippen LogP contribution in [0.25, 0.3) is 0 Å². The van der Waals surface area contributed by atoms with Crippen LogP contribution in [0.15, 0.2) is 47.4 Å². The molecule has 6 nitrogen and oxygen atoms in total. The SMILES string of the molecule is O=C(O)Cc1cccc2c1OCCC2CNS(=O)(=O)c1ccc(Cl)cc1. The highest BCUT2D eigenvalue weighted by Gasteiger charge is 2.26. The summed E-state index contributed by atoms with van der Waals surface area (Å²) < 4.78 is 33.2. The molecule has 2 N–H and O–H groups in total. The molecule has 0 bridgehead atoms. The van der Waals surface area contributed by atoms with E-state index in [1.54, 1.807) is 12.1 Å². The zero-order valence-corrected chi connectivity index (χ0v) is 15.4. The molecule has 8 heteroatoms. The zero-order chi connectivity index (χ0) is 18.7. The second-order valence-electron chi connectivity index (χ2n) is 6.05. The maximum atomic E-state index is 12.4. The maximum absolute atomic E-state index is 12.4. The number of carbonyl (C=O) groups is 1. The van der Waals surface area contributed by atoms with Crippen LogP contribution >= 0.6 is 11.6 Å². The number of ether oxygens (including phenoxy) is 1. The molecule has 1 aliphatic rings. The van der Waals surface area contributed by atoms with E-state index < -0.39 is 16.0 Å². The first-order valence-corrected chi connectivity index (χ1v) is 9.94. The molecule has 1 aliphatic heterocycles. The number of para-hydroxylation sites is 1. The number of halogens is 1. The number of hydrogen-bond donors (Lipinski definition) is 2. The van der Waals surface area contributed by atoms with E-state index in [0.29, 0.717) is 29.4 Å². The topological polar surface area (TPSA) is 92.7 Å². The van der Waals surface area contributed by atoms with Gasteiger partial charge in [-0.2, -0.15) is 0 Å². The molecule has 3 rings (SSSR count). The molecule has 2 aromatic rings. The molecule has 2 aromatic carbocycles. The van der Waals surface area contributed by atoms with Gasteiger partial charge >= 0.3 is 5.97 Å². The fraction of sp³-hybridized carbons (Fsp3) is 0.278. The van der Waals surface area contributed by atoms with E-state index >= 15 is 0 Å². The normalized spacial score (nSPS) is 16.6. The lowest BCUT2D eigenvalue weighted by Gasteiger charge is -2.27. The summed E-state index contributed by atoms with van der Waals surface area (Å²) in [5.74, 6) is -0.473. The molecular formula is C18H18ClNO5S. The third-order valence-electron chi connectivity index (χ3n) is 4.26. The predicted molar refractivity (Wildman–Crippen MR) is 97.3 cm³/mol. The van der Waals surface area contributed by atoms with Gasteiger partial charge in [0.05, 0.1) is 17.9 Å². The molecule has 0 amide bonds. The molecule has 138 valence electrons. The Morgan fingerprint density at radius 3 is 2.65 bits per heavy atom. The number of sulfonamides is 1. The van der Waals surface area contributed by atoms with Gasteiger partial charge in [-0.3, -0.25) is 4.79 Å². The van der Waals surface area contributed by atoms with E-state index in [1.807, 2.05) is 6.07 Å². The second-order valence-corrected chi connectivity index (χ2v) is 8.25. The number of fused-ring (bicyclic) bond motifs is 1. The summed E-state index contributed by atoms with van der Waals surface area (Å²) in [5, 5.41) is 9.50. The number of hydrogen-bond acceptors (Lipinski definition) is 4. The Morgan fingerprint density at radius 2 is 1.96 bits per heavy atom. The van der Waals surface area contributed by atoms with Gasteiger partial charge in [0.15, 0.2) is 0 Å². The monoisotopic (exact) mass is 395 g/mol. The van der Waals surface area contributed by atoms with Gasteiger partial charge in [-0.15, -0.1) is 0 Å². The average molecular weight is 396 g/mol. The van der Waals surface area contributed by atoms with E-state index in [9.17, 15) is 13.2 Å². The van der Waals surface area contributed by atoms with Crippen molar-refractivity contribution in [1.82, 2.24) is 4.72 Å². The molecule has 0 aromatic heterocycles. The van der Waals surface area contributed by atoms with Crippen molar-refractivity contribution in [3.8, 4) is 5.75 Å². The first-order valence-electron chi connectivity index (χ1n) is 8.08. The second kappa shape index (κ2) is 7.65. The van der Waals surface area contributed by atoms with Gasteiger partial charge in [-0.05, 0) is 36.2 Å². The highest BCUT2D eigenvalue weighted by Crippen LogP contribution is 2.36. The number of carboxylic acids is 1. The predicted octanol–water partition coefficient (Wildman–Crippen LogP) is 2.81. The summed E-state index contributed by atoms with van der Waals surface area (Å²) in [5.41, 5.74) is 1.43. The Bertz CT molecular complexity index is 912. The van der Waals surface area contributed by atoms with Crippen LogP contribution < -0.4 is 9.46 Å². The Kier molecular flexibility index (Phi) is 5.50. The van der Waals surface area contributed by atoms with E-state index in [4.69, 9.17) is 21.4 Å². The van der Waals surface area contributed by atoms with Gasteiger partial charge < -0.3 is 9.84 Å². The lowest BCUT2D eigenvalue weighted by Crippen LogP contribution is -2.31. The summed E-state index contributed by atoms with van der Waals surface area (Å²) in [6.07, 6.45) is 0.513. The van der Waals surface area contributed by atoms with Crippen LogP contribution in [0.1, 0.15) is 23.5 Å². The van der Waals surface area contributed by atoms with Gasteiger partial charge in [0.1, 0.15) is 5.75 Å². The van der Waals surface area contributed by atoms with Gasteiger partial charge in [0.2, 0.25) is 10.0 Å². The Hall–Kier alpha value is -2.09. The standard InChI is InChI=1S/C18H18ClNO5S/c19-14-4-6-15(7-5-14)26(23,24)20-11-13-8-9-25-18-12(10-17(21)22)2-1-3-16(13)18/h1-7,13,20H,8-11H2,(H,21,22). The highest BCUT2D eigenvalue weighted by atomic mass is 35.5. The molecule has 1 atom stereocenters. The first kappa shape index (κ1) is 18.7. The summed E-state index contributed by atoms with van der Waals surface area (Å²) in [4.78, 5) is 11.2. The molecule has 0 fully saturated rings. The Morgan fingerprint density at radius 1 is 1.23 bits per heavy atom. The van der Waals surface area contributed by atoms with Gasteiger partial charge in [0, 0.05) is 23.0 Å². The molecule has 26 heavy (non-hydrogen) atoms. The minimum atomic E-state index is -3.65. The fourth-order valence-corrected chi connectivity index (χ4v) is 4.19. The number of aliphatic carboxylic acids is 1. The number of benzene rings is 2. The van der Waals surface area contributed by atoms with Crippen molar-refractivity contribution in [3.05, 3.63) is 58.6 Å². The van der Waals surface area contributed by atoms with Crippen LogP contribution in [-0.4, -0.2) is 32.6 Å². The van der Waals surface area contributed by atoms with Crippen LogP contribution in [0.2, 0.25) is 5.02 Å². The quantitative estimate of drug-likeness (QED) is 0.784. The van der Waals surface area contributed by atoms with Crippen molar-refractivity contribution < 1.29 is 23.1 Å². The van der Waals surface area contributed by atoms with Crippen LogP contribution in [0, 0.1) is 0 Å². The first-order chi connectivity index (χ1) is 12.4. The van der Waals surface area contributed by atoms with Crippen LogP contribution in [0.5, 0.6) is 5.75 Å². The number of nitrogens with one attached hydrogen (secondary N) is 1. The minimum Gasteiger partial charge on any atom is -0.493 e. The van der Waals surface area contributed by atoms with E-state index in [1.165, 1.54) is 24.3 Å². The summed E-state index contributed by atoms with van der Waals surface area (Å²) >= 11 is 5.80. The van der Waals surface area contributed by atoms with Crippen LogP contribution in [-0.2, 0) is 21.2 Å². The number of rotatable bonds is 6. The highest BCUT2D eigenvalue weighted by molar-refractivity contribution is 7.89. The van der Waals surface area contributed by atoms with Crippen LogP contribution in [0.4, 0.5) is 0 Å². The molecule has 1 heterocycles. The Balaban J connectivity index is 1.78. The molecule has 0 saturated carbocycles. The third-order valence-corrected chi connectivity index (χ3v) is 5.96. The lowest BCUT2D eigenvalue weighted by atomic mass is 9.91. The van der Waals surface area contributed by atoms with Crippen molar-refractivity contribution >= 4 is 27.6 Å². The maximum Gasteiger partial charge on any atom is 0.307 e. The van der Waals surface area contributed by atoms with E-state index in [0.717, 1.165) is 5.56 Å². The van der Waals surface area contributed by atoms with Crippen molar-refractivity contribution in [2.45, 2.75) is 23.7 Å². The van der Waals surface area contributed by atoms with Gasteiger partial charge in [-0.1, -0.05) is 29.8 Å². The largest absolute Gasteiger partial charge is 0.493 e. The fourth-order valence-electron chi connectivity index (χ4n) is 2.98. The summed E-state index contributed by atoms with van der Waals surface area (Å²) in [6, 6.07) is 11.3.